The Labute approximate surface area is 86.6 Å². The van der Waals surface area contributed by atoms with E-state index in [4.69, 9.17) is 0 Å². The van der Waals surface area contributed by atoms with Crippen LogP contribution in [0.1, 0.15) is 0 Å². The number of ether oxygens (including phenoxy) is 2. The van der Waals surface area contributed by atoms with Crippen LogP contribution in [0.4, 0.5) is 8.78 Å². The van der Waals surface area contributed by atoms with Crippen LogP contribution >= 0.6 is 0 Å². The van der Waals surface area contributed by atoms with Crippen molar-refractivity contribution >= 4 is 11.0 Å². The number of halogens is 2. The number of nitrogens with one attached hydrogen (secondary N) is 1. The van der Waals surface area contributed by atoms with E-state index in [0.717, 1.165) is 6.20 Å². The molecule has 7 heteroatoms. The van der Waals surface area contributed by atoms with Crippen molar-refractivity contribution in [3.8, 4) is 11.5 Å². The molecule has 0 aliphatic carbocycles. The Bertz CT molecular complexity index is 638. The summed E-state index contributed by atoms with van der Waals surface area (Å²) >= 11 is 0. The molecule has 0 saturated heterocycles. The Kier molecular flexibility index (Phi) is 1.52. The molecule has 1 N–H and O–H groups in total. The maximum atomic E-state index is 12.7. The lowest BCUT2D eigenvalue weighted by Crippen LogP contribution is -2.25. The van der Waals surface area contributed by atoms with Crippen LogP contribution in [0.15, 0.2) is 23.1 Å². The highest BCUT2D eigenvalue weighted by Gasteiger charge is 2.43. The zero-order chi connectivity index (χ0) is 11.3. The molecule has 0 saturated carbocycles. The van der Waals surface area contributed by atoms with Gasteiger partial charge < -0.3 is 14.5 Å². The van der Waals surface area contributed by atoms with Gasteiger partial charge in [-0.3, -0.25) is 4.79 Å². The molecular formula is C9H4F2N2O3. The Hall–Kier alpha value is -2.18. The summed E-state index contributed by atoms with van der Waals surface area (Å²) in [5, 5.41) is 0. The van der Waals surface area contributed by atoms with Gasteiger partial charge in [-0.25, -0.2) is 4.98 Å². The minimum Gasteiger partial charge on any atom is -0.395 e. The van der Waals surface area contributed by atoms with Crippen LogP contribution in [0, 0.1) is 0 Å². The fourth-order valence-electron chi connectivity index (χ4n) is 1.49. The highest BCUT2D eigenvalue weighted by atomic mass is 19.3. The Morgan fingerprint density at radius 1 is 1.25 bits per heavy atom. The minimum atomic E-state index is -3.67. The van der Waals surface area contributed by atoms with Gasteiger partial charge in [0, 0.05) is 12.1 Å². The van der Waals surface area contributed by atoms with E-state index in [2.05, 4.69) is 19.4 Å². The summed E-state index contributed by atoms with van der Waals surface area (Å²) in [6, 6.07) is 2.53. The fourth-order valence-corrected chi connectivity index (χ4v) is 1.49. The van der Waals surface area contributed by atoms with Crippen molar-refractivity contribution in [2.45, 2.75) is 6.29 Å². The van der Waals surface area contributed by atoms with Crippen LogP contribution in [0.2, 0.25) is 0 Å². The van der Waals surface area contributed by atoms with Crippen molar-refractivity contribution in [1.82, 2.24) is 9.97 Å². The Morgan fingerprint density at radius 3 is 2.69 bits per heavy atom. The summed E-state index contributed by atoms with van der Waals surface area (Å²) in [5.41, 5.74) is 0.241. The van der Waals surface area contributed by atoms with E-state index in [0.29, 0.717) is 11.0 Å². The number of aromatic amines is 1. The normalized spacial score (nSPS) is 16.6. The molecule has 0 amide bonds. The zero-order valence-corrected chi connectivity index (χ0v) is 7.66. The van der Waals surface area contributed by atoms with Crippen LogP contribution in [-0.4, -0.2) is 16.3 Å². The van der Waals surface area contributed by atoms with Gasteiger partial charge in [0.2, 0.25) is 0 Å². The Balaban J connectivity index is 2.26. The molecule has 0 fully saturated rings. The molecule has 1 aliphatic heterocycles. The third-order valence-electron chi connectivity index (χ3n) is 2.10. The van der Waals surface area contributed by atoms with Gasteiger partial charge in [-0.15, -0.1) is 8.78 Å². The van der Waals surface area contributed by atoms with Gasteiger partial charge in [0.15, 0.2) is 11.5 Å². The maximum absolute atomic E-state index is 12.7. The second kappa shape index (κ2) is 2.69. The van der Waals surface area contributed by atoms with E-state index in [-0.39, 0.29) is 11.5 Å². The third-order valence-corrected chi connectivity index (χ3v) is 2.10. The summed E-state index contributed by atoms with van der Waals surface area (Å²) in [7, 11) is 0. The van der Waals surface area contributed by atoms with Gasteiger partial charge in [0.1, 0.15) is 0 Å². The highest BCUT2D eigenvalue weighted by molar-refractivity contribution is 5.78. The zero-order valence-electron chi connectivity index (χ0n) is 7.66. The number of H-pyrrole nitrogens is 1. The van der Waals surface area contributed by atoms with Crippen molar-refractivity contribution in [2.24, 2.45) is 0 Å². The van der Waals surface area contributed by atoms with Crippen molar-refractivity contribution in [3.05, 3.63) is 28.7 Å². The molecule has 2 aromatic rings. The molecule has 0 bridgehead atoms. The van der Waals surface area contributed by atoms with Crippen LogP contribution in [0.3, 0.4) is 0 Å². The molecule has 0 spiro atoms. The molecule has 1 aliphatic rings. The first-order valence-corrected chi connectivity index (χ1v) is 4.32. The van der Waals surface area contributed by atoms with Crippen LogP contribution in [-0.2, 0) is 0 Å². The quantitative estimate of drug-likeness (QED) is 0.734. The minimum absolute atomic E-state index is 0.1000. The fraction of sp³-hybridized carbons (Fsp3) is 0.111. The molecule has 0 unspecified atom stereocenters. The van der Waals surface area contributed by atoms with E-state index in [9.17, 15) is 13.6 Å². The number of fused-ring (bicyclic) bond motifs is 2. The van der Waals surface area contributed by atoms with Crippen molar-refractivity contribution in [2.75, 3.05) is 0 Å². The molecule has 5 nitrogen and oxygen atoms in total. The lowest BCUT2D eigenvalue weighted by Gasteiger charge is -2.04. The standard InChI is InChI=1S/C9H4F2N2O3/c10-9(11)15-6-1-4-5(2-7(6)16-9)13-8(14)3-12-4/h1-3H,(H,13,14). The molecule has 2 heterocycles. The molecule has 16 heavy (non-hydrogen) atoms. The number of rotatable bonds is 0. The second-order valence-corrected chi connectivity index (χ2v) is 3.23. The number of alkyl halides is 2. The van der Waals surface area contributed by atoms with E-state index >= 15 is 0 Å². The molecule has 0 atom stereocenters. The average molecular weight is 226 g/mol. The van der Waals surface area contributed by atoms with Crippen LogP contribution < -0.4 is 15.0 Å². The largest absolute Gasteiger partial charge is 0.586 e. The summed E-state index contributed by atoms with van der Waals surface area (Å²) < 4.78 is 33.9. The molecule has 1 aromatic heterocycles. The number of nitrogens with zero attached hydrogens (tertiary/aromatic N) is 1. The first-order chi connectivity index (χ1) is 7.53. The molecule has 3 rings (SSSR count). The van der Waals surface area contributed by atoms with E-state index in [1.807, 2.05) is 0 Å². The summed E-state index contributed by atoms with van der Waals surface area (Å²) in [4.78, 5) is 17.2. The van der Waals surface area contributed by atoms with E-state index in [1.165, 1.54) is 12.1 Å². The molecule has 82 valence electrons. The van der Waals surface area contributed by atoms with E-state index in [1.54, 1.807) is 0 Å². The number of hydrogen-bond donors (Lipinski definition) is 1. The van der Waals surface area contributed by atoms with Gasteiger partial charge in [0.25, 0.3) is 5.56 Å². The Morgan fingerprint density at radius 2 is 1.94 bits per heavy atom. The summed E-state index contributed by atoms with van der Waals surface area (Å²) in [6.45, 7) is 0. The van der Waals surface area contributed by atoms with E-state index < -0.39 is 11.9 Å². The SMILES string of the molecule is O=c1cnc2cc3c(cc2[nH]1)OC(F)(F)O3. The lowest BCUT2D eigenvalue weighted by atomic mass is 10.2. The van der Waals surface area contributed by atoms with Gasteiger partial charge in [-0.05, 0) is 0 Å². The predicted octanol–water partition coefficient (Wildman–Crippen LogP) is 1.24. The molecule has 0 radical (unpaired) electrons. The topological polar surface area (TPSA) is 64.2 Å². The smallest absolute Gasteiger partial charge is 0.395 e. The van der Waals surface area contributed by atoms with Gasteiger partial charge in [-0.2, -0.15) is 0 Å². The van der Waals surface area contributed by atoms with Crippen molar-refractivity contribution < 1.29 is 18.3 Å². The first kappa shape index (κ1) is 9.08. The lowest BCUT2D eigenvalue weighted by molar-refractivity contribution is -0.286. The van der Waals surface area contributed by atoms with Crippen LogP contribution in [0.5, 0.6) is 11.5 Å². The number of benzene rings is 1. The van der Waals surface area contributed by atoms with Gasteiger partial charge in [-0.1, -0.05) is 0 Å². The summed E-state index contributed by atoms with van der Waals surface area (Å²) in [6.07, 6.45) is -2.61. The van der Waals surface area contributed by atoms with Gasteiger partial charge >= 0.3 is 6.29 Å². The first-order valence-electron chi connectivity index (χ1n) is 4.32. The van der Waals surface area contributed by atoms with Crippen molar-refractivity contribution in [3.63, 3.8) is 0 Å². The van der Waals surface area contributed by atoms with Gasteiger partial charge in [0.05, 0.1) is 17.2 Å². The van der Waals surface area contributed by atoms with Crippen LogP contribution in [0.25, 0.3) is 11.0 Å². The molecule has 1 aromatic carbocycles. The average Bonchev–Trinajstić information content (AvgIpc) is 2.47. The number of aromatic nitrogens is 2. The monoisotopic (exact) mass is 226 g/mol. The maximum Gasteiger partial charge on any atom is 0.586 e. The third kappa shape index (κ3) is 1.28. The van der Waals surface area contributed by atoms with Crippen molar-refractivity contribution in [1.29, 1.82) is 0 Å². The second-order valence-electron chi connectivity index (χ2n) is 3.23. The highest BCUT2D eigenvalue weighted by Crippen LogP contribution is 2.42. The summed E-state index contributed by atoms with van der Waals surface area (Å²) in [5.74, 6) is -0.224. The number of hydrogen-bond acceptors (Lipinski definition) is 4. The predicted molar refractivity (Wildman–Crippen MR) is 48.6 cm³/mol. The molecular weight excluding hydrogens is 222 g/mol.